The average molecular weight is 366 g/mol. The van der Waals surface area contributed by atoms with E-state index in [2.05, 4.69) is 9.88 Å². The number of benzene rings is 1. The van der Waals surface area contributed by atoms with Gasteiger partial charge in [-0.05, 0) is 44.3 Å². The fraction of sp³-hybridized carbons (Fsp3) is 0.556. The average Bonchev–Trinajstić information content (AvgIpc) is 3.02. The van der Waals surface area contributed by atoms with Crippen molar-refractivity contribution in [2.45, 2.75) is 37.1 Å². The van der Waals surface area contributed by atoms with Gasteiger partial charge in [-0.2, -0.15) is 0 Å². The Balaban J connectivity index is 1.78. The molecule has 1 aliphatic heterocycles. The van der Waals surface area contributed by atoms with Gasteiger partial charge in [0.1, 0.15) is 30.2 Å². The second kappa shape index (κ2) is 7.91. The molecule has 1 fully saturated rings. The SMILES string of the molecule is CN(C)CCc1c[nH]c2ccc(OC3OC(CO)C(O)C(O)C3O)cc12. The van der Waals surface area contributed by atoms with E-state index in [9.17, 15) is 20.4 Å². The fourth-order valence-corrected chi connectivity index (χ4v) is 3.08. The summed E-state index contributed by atoms with van der Waals surface area (Å²) < 4.78 is 11.1. The Morgan fingerprint density at radius 1 is 1.15 bits per heavy atom. The minimum absolute atomic E-state index is 0.465. The molecule has 3 rings (SSSR count). The fourth-order valence-electron chi connectivity index (χ4n) is 3.08. The van der Waals surface area contributed by atoms with E-state index < -0.39 is 37.3 Å². The lowest BCUT2D eigenvalue weighted by atomic mass is 9.99. The molecule has 8 heteroatoms. The summed E-state index contributed by atoms with van der Waals surface area (Å²) in [7, 11) is 4.03. The highest BCUT2D eigenvalue weighted by Crippen LogP contribution is 2.28. The lowest BCUT2D eigenvalue weighted by Gasteiger charge is -2.39. The van der Waals surface area contributed by atoms with Gasteiger partial charge in [0.05, 0.1) is 6.61 Å². The number of ether oxygens (including phenoxy) is 2. The summed E-state index contributed by atoms with van der Waals surface area (Å²) in [5.41, 5.74) is 2.12. The standard InChI is InChI=1S/C18H26N2O6/c1-20(2)6-5-10-8-19-13-4-3-11(7-12(10)13)25-18-17(24)16(23)15(22)14(9-21)26-18/h3-4,7-8,14-19,21-24H,5-6,9H2,1-2H3. The monoisotopic (exact) mass is 366 g/mol. The Kier molecular flexibility index (Phi) is 5.81. The second-order valence-electron chi connectivity index (χ2n) is 6.89. The molecule has 2 aromatic rings. The van der Waals surface area contributed by atoms with Gasteiger partial charge in [0.15, 0.2) is 0 Å². The van der Waals surface area contributed by atoms with Gasteiger partial charge in [-0.3, -0.25) is 0 Å². The van der Waals surface area contributed by atoms with Gasteiger partial charge < -0.3 is 39.8 Å². The molecule has 144 valence electrons. The van der Waals surface area contributed by atoms with Crippen molar-refractivity contribution in [1.29, 1.82) is 0 Å². The first-order valence-electron chi connectivity index (χ1n) is 8.62. The van der Waals surface area contributed by atoms with E-state index >= 15 is 0 Å². The zero-order valence-electron chi connectivity index (χ0n) is 14.9. The first kappa shape index (κ1) is 19.1. The van der Waals surface area contributed by atoms with Crippen molar-refractivity contribution in [3.05, 3.63) is 30.0 Å². The Morgan fingerprint density at radius 3 is 2.62 bits per heavy atom. The number of likely N-dealkylation sites (N-methyl/N-ethyl adjacent to an activating group) is 1. The van der Waals surface area contributed by atoms with Crippen LogP contribution in [0, 0.1) is 0 Å². The van der Waals surface area contributed by atoms with Gasteiger partial charge in [-0.25, -0.2) is 0 Å². The Bertz CT molecular complexity index is 732. The lowest BCUT2D eigenvalue weighted by molar-refractivity contribution is -0.277. The molecule has 1 saturated heterocycles. The van der Waals surface area contributed by atoms with E-state index in [0.29, 0.717) is 5.75 Å². The van der Waals surface area contributed by atoms with Crippen molar-refractivity contribution in [1.82, 2.24) is 9.88 Å². The van der Waals surface area contributed by atoms with E-state index in [1.165, 1.54) is 0 Å². The largest absolute Gasteiger partial charge is 0.462 e. The minimum Gasteiger partial charge on any atom is -0.462 e. The molecule has 5 atom stereocenters. The van der Waals surface area contributed by atoms with Crippen molar-refractivity contribution >= 4 is 10.9 Å². The molecule has 0 spiro atoms. The molecule has 5 N–H and O–H groups in total. The van der Waals surface area contributed by atoms with E-state index in [0.717, 1.165) is 29.4 Å². The number of H-pyrrole nitrogens is 1. The van der Waals surface area contributed by atoms with Gasteiger partial charge in [-0.15, -0.1) is 0 Å². The van der Waals surface area contributed by atoms with Crippen LogP contribution in [-0.2, 0) is 11.2 Å². The number of nitrogens with zero attached hydrogens (tertiary/aromatic N) is 1. The van der Waals surface area contributed by atoms with Crippen LogP contribution >= 0.6 is 0 Å². The molecule has 0 saturated carbocycles. The van der Waals surface area contributed by atoms with Gasteiger partial charge in [-0.1, -0.05) is 0 Å². The molecule has 5 unspecified atom stereocenters. The van der Waals surface area contributed by atoms with Gasteiger partial charge in [0.2, 0.25) is 6.29 Å². The molecule has 1 aromatic heterocycles. The van der Waals surface area contributed by atoms with Crippen LogP contribution in [-0.4, -0.2) is 88.3 Å². The molecule has 0 amide bonds. The van der Waals surface area contributed by atoms with Crippen molar-refractivity contribution in [2.24, 2.45) is 0 Å². The number of nitrogens with one attached hydrogen (secondary N) is 1. The quantitative estimate of drug-likeness (QED) is 0.465. The topological polar surface area (TPSA) is 118 Å². The third kappa shape index (κ3) is 3.85. The highest BCUT2D eigenvalue weighted by molar-refractivity contribution is 5.84. The molecule has 26 heavy (non-hydrogen) atoms. The molecular formula is C18H26N2O6. The summed E-state index contributed by atoms with van der Waals surface area (Å²) in [5, 5.41) is 40.1. The van der Waals surface area contributed by atoms with Crippen LogP contribution in [0.25, 0.3) is 10.9 Å². The number of rotatable bonds is 6. The molecular weight excluding hydrogens is 340 g/mol. The third-order valence-corrected chi connectivity index (χ3v) is 4.67. The Morgan fingerprint density at radius 2 is 1.92 bits per heavy atom. The first-order chi connectivity index (χ1) is 12.4. The summed E-state index contributed by atoms with van der Waals surface area (Å²) >= 11 is 0. The van der Waals surface area contributed by atoms with Crippen LogP contribution in [0.5, 0.6) is 5.75 Å². The summed E-state index contributed by atoms with van der Waals surface area (Å²) in [6.07, 6.45) is -3.64. The van der Waals surface area contributed by atoms with Gasteiger partial charge in [0.25, 0.3) is 0 Å². The Hall–Kier alpha value is -1.68. The van der Waals surface area contributed by atoms with Crippen molar-refractivity contribution in [2.75, 3.05) is 27.2 Å². The van der Waals surface area contributed by atoms with Crippen LogP contribution in [0.3, 0.4) is 0 Å². The summed E-state index contributed by atoms with van der Waals surface area (Å²) in [5.74, 6) is 0.465. The molecule has 8 nitrogen and oxygen atoms in total. The molecule has 2 heterocycles. The summed E-state index contributed by atoms with van der Waals surface area (Å²) in [4.78, 5) is 5.32. The predicted octanol–water partition coefficient (Wildman–Crippen LogP) is -0.549. The minimum atomic E-state index is -1.46. The van der Waals surface area contributed by atoms with E-state index in [1.54, 1.807) is 6.07 Å². The number of fused-ring (bicyclic) bond motifs is 1. The number of aliphatic hydroxyl groups excluding tert-OH is 4. The van der Waals surface area contributed by atoms with E-state index in [-0.39, 0.29) is 0 Å². The third-order valence-electron chi connectivity index (χ3n) is 4.67. The van der Waals surface area contributed by atoms with Crippen LogP contribution in [0.1, 0.15) is 5.56 Å². The normalized spacial score (nSPS) is 29.4. The summed E-state index contributed by atoms with van der Waals surface area (Å²) in [6.45, 7) is 0.418. The van der Waals surface area contributed by atoms with E-state index in [1.807, 2.05) is 32.4 Å². The number of aliphatic hydroxyl groups is 4. The number of aromatic nitrogens is 1. The van der Waals surface area contributed by atoms with E-state index in [4.69, 9.17) is 9.47 Å². The molecule has 0 bridgehead atoms. The number of hydrogen-bond donors (Lipinski definition) is 5. The van der Waals surface area contributed by atoms with Crippen molar-refractivity contribution in [3.8, 4) is 5.75 Å². The Labute approximate surface area is 151 Å². The molecule has 1 aromatic carbocycles. The summed E-state index contributed by atoms with van der Waals surface area (Å²) in [6, 6.07) is 5.45. The zero-order valence-corrected chi connectivity index (χ0v) is 14.9. The molecule has 0 radical (unpaired) electrons. The maximum Gasteiger partial charge on any atom is 0.229 e. The van der Waals surface area contributed by atoms with Crippen LogP contribution in [0.15, 0.2) is 24.4 Å². The maximum absolute atomic E-state index is 10.1. The predicted molar refractivity (Wildman–Crippen MR) is 95.0 cm³/mol. The van der Waals surface area contributed by atoms with Crippen molar-refractivity contribution < 1.29 is 29.9 Å². The number of hydrogen-bond acceptors (Lipinski definition) is 7. The van der Waals surface area contributed by atoms with Crippen molar-refractivity contribution in [3.63, 3.8) is 0 Å². The van der Waals surface area contributed by atoms with Gasteiger partial charge >= 0.3 is 0 Å². The molecule has 1 aliphatic rings. The van der Waals surface area contributed by atoms with Crippen LogP contribution in [0.4, 0.5) is 0 Å². The first-order valence-corrected chi connectivity index (χ1v) is 8.62. The highest BCUT2D eigenvalue weighted by atomic mass is 16.7. The number of aromatic amines is 1. The second-order valence-corrected chi connectivity index (χ2v) is 6.89. The van der Waals surface area contributed by atoms with Crippen LogP contribution in [0.2, 0.25) is 0 Å². The smallest absolute Gasteiger partial charge is 0.229 e. The zero-order chi connectivity index (χ0) is 18.8. The maximum atomic E-state index is 10.1. The van der Waals surface area contributed by atoms with Gasteiger partial charge in [0, 0.05) is 23.6 Å². The highest BCUT2D eigenvalue weighted by Gasteiger charge is 2.44. The lowest BCUT2D eigenvalue weighted by Crippen LogP contribution is -2.60. The van der Waals surface area contributed by atoms with Crippen LogP contribution < -0.4 is 4.74 Å². The molecule has 0 aliphatic carbocycles.